The first-order valence-electron chi connectivity index (χ1n) is 5.96. The van der Waals surface area contributed by atoms with Gasteiger partial charge in [-0.3, -0.25) is 0 Å². The smallest absolute Gasteiger partial charge is 0.243 e. The summed E-state index contributed by atoms with van der Waals surface area (Å²) >= 11 is 3.42. The van der Waals surface area contributed by atoms with Gasteiger partial charge in [-0.05, 0) is 41.0 Å². The highest BCUT2D eigenvalue weighted by Crippen LogP contribution is 2.12. The molecule has 2 aromatic rings. The van der Waals surface area contributed by atoms with Crippen molar-refractivity contribution in [3.05, 3.63) is 34.5 Å². The molecular formula is C12H14BrN5. The van der Waals surface area contributed by atoms with Gasteiger partial charge in [-0.1, -0.05) is 11.6 Å². The number of nitrogens with zero attached hydrogens (tertiary/aromatic N) is 3. The highest BCUT2D eigenvalue weighted by atomic mass is 79.9. The van der Waals surface area contributed by atoms with Gasteiger partial charge in [-0.2, -0.15) is 4.98 Å². The van der Waals surface area contributed by atoms with Crippen molar-refractivity contribution in [2.24, 2.45) is 0 Å². The Morgan fingerprint density at radius 1 is 1.44 bits per heavy atom. The molecule has 0 aromatic carbocycles. The minimum atomic E-state index is 0.674. The van der Waals surface area contributed by atoms with Crippen LogP contribution in [0.25, 0.3) is 5.65 Å². The molecule has 94 valence electrons. The number of hydrogen-bond acceptors (Lipinski definition) is 4. The van der Waals surface area contributed by atoms with Gasteiger partial charge in [-0.25, -0.2) is 4.52 Å². The van der Waals surface area contributed by atoms with E-state index in [4.69, 9.17) is 0 Å². The average Bonchev–Trinajstić information content (AvgIpc) is 2.79. The minimum Gasteiger partial charge on any atom is -0.349 e. The van der Waals surface area contributed by atoms with Gasteiger partial charge in [-0.15, -0.1) is 5.10 Å². The average molecular weight is 308 g/mol. The third-order valence-electron chi connectivity index (χ3n) is 2.93. The fourth-order valence-electron chi connectivity index (χ4n) is 1.96. The summed E-state index contributed by atoms with van der Waals surface area (Å²) in [4.78, 5) is 4.42. The Hall–Kier alpha value is -1.40. The molecule has 6 heteroatoms. The first-order chi connectivity index (χ1) is 8.81. The first-order valence-corrected chi connectivity index (χ1v) is 6.75. The second-order valence-corrected chi connectivity index (χ2v) is 5.17. The highest BCUT2D eigenvalue weighted by Gasteiger charge is 2.06. The summed E-state index contributed by atoms with van der Waals surface area (Å²) in [5.74, 6) is 0.674. The molecule has 0 spiro atoms. The molecule has 0 bridgehead atoms. The van der Waals surface area contributed by atoms with E-state index in [0.29, 0.717) is 5.95 Å². The van der Waals surface area contributed by atoms with Crippen LogP contribution in [0.3, 0.4) is 0 Å². The molecule has 0 radical (unpaired) electrons. The molecule has 0 amide bonds. The van der Waals surface area contributed by atoms with Crippen molar-refractivity contribution in [3.8, 4) is 0 Å². The van der Waals surface area contributed by atoms with Crippen LogP contribution >= 0.6 is 15.9 Å². The number of anilines is 1. The molecule has 5 nitrogen and oxygen atoms in total. The van der Waals surface area contributed by atoms with Gasteiger partial charge in [0, 0.05) is 23.8 Å². The van der Waals surface area contributed by atoms with E-state index in [-0.39, 0.29) is 0 Å². The van der Waals surface area contributed by atoms with E-state index in [1.165, 1.54) is 5.57 Å². The maximum atomic E-state index is 4.42. The number of aromatic nitrogens is 3. The summed E-state index contributed by atoms with van der Waals surface area (Å²) < 4.78 is 2.76. The molecule has 1 aliphatic heterocycles. The summed E-state index contributed by atoms with van der Waals surface area (Å²) in [6, 6.07) is 3.90. The maximum absolute atomic E-state index is 4.42. The summed E-state index contributed by atoms with van der Waals surface area (Å²) in [6.07, 6.45) is 5.21. The van der Waals surface area contributed by atoms with Crippen molar-refractivity contribution < 1.29 is 0 Å². The van der Waals surface area contributed by atoms with Crippen LogP contribution in [-0.2, 0) is 0 Å². The Morgan fingerprint density at radius 2 is 2.39 bits per heavy atom. The van der Waals surface area contributed by atoms with Gasteiger partial charge in [0.2, 0.25) is 5.95 Å². The molecule has 0 fully saturated rings. The van der Waals surface area contributed by atoms with Crippen molar-refractivity contribution >= 4 is 27.5 Å². The van der Waals surface area contributed by atoms with E-state index in [1.807, 2.05) is 18.3 Å². The quantitative estimate of drug-likeness (QED) is 0.849. The summed E-state index contributed by atoms with van der Waals surface area (Å²) in [7, 11) is 0. The van der Waals surface area contributed by atoms with Crippen LogP contribution in [0.4, 0.5) is 5.95 Å². The Balaban J connectivity index is 1.72. The molecular weight excluding hydrogens is 294 g/mol. The number of pyridine rings is 1. The maximum Gasteiger partial charge on any atom is 0.243 e. The minimum absolute atomic E-state index is 0.674. The first kappa shape index (κ1) is 11.7. The molecule has 2 N–H and O–H groups in total. The second kappa shape index (κ2) is 5.07. The lowest BCUT2D eigenvalue weighted by Gasteiger charge is -2.13. The van der Waals surface area contributed by atoms with Crippen molar-refractivity contribution in [1.82, 2.24) is 19.9 Å². The number of fused-ring (bicyclic) bond motifs is 1. The summed E-state index contributed by atoms with van der Waals surface area (Å²) in [5.41, 5.74) is 2.26. The molecule has 3 heterocycles. The molecule has 0 saturated heterocycles. The summed E-state index contributed by atoms with van der Waals surface area (Å²) in [5, 5.41) is 10.9. The van der Waals surface area contributed by atoms with E-state index in [2.05, 4.69) is 42.7 Å². The van der Waals surface area contributed by atoms with Crippen LogP contribution in [-0.4, -0.2) is 34.2 Å². The van der Waals surface area contributed by atoms with Gasteiger partial charge < -0.3 is 10.6 Å². The van der Waals surface area contributed by atoms with Gasteiger partial charge in [0.25, 0.3) is 0 Å². The predicted octanol–water partition coefficient (Wildman–Crippen LogP) is 1.82. The molecule has 18 heavy (non-hydrogen) atoms. The lowest BCUT2D eigenvalue weighted by molar-refractivity contribution is 0.697. The van der Waals surface area contributed by atoms with Gasteiger partial charge in [0.1, 0.15) is 0 Å². The largest absolute Gasteiger partial charge is 0.349 e. The van der Waals surface area contributed by atoms with Crippen molar-refractivity contribution in [2.75, 3.05) is 25.0 Å². The van der Waals surface area contributed by atoms with Crippen molar-refractivity contribution in [3.63, 3.8) is 0 Å². The number of nitrogens with one attached hydrogen (secondary N) is 2. The zero-order chi connectivity index (χ0) is 12.4. The lowest BCUT2D eigenvalue weighted by Crippen LogP contribution is -2.23. The monoisotopic (exact) mass is 307 g/mol. The van der Waals surface area contributed by atoms with Crippen LogP contribution in [0.15, 0.2) is 34.5 Å². The van der Waals surface area contributed by atoms with Crippen LogP contribution in [0.1, 0.15) is 6.42 Å². The van der Waals surface area contributed by atoms with Gasteiger partial charge in [0.15, 0.2) is 5.65 Å². The summed E-state index contributed by atoms with van der Waals surface area (Å²) in [6.45, 7) is 2.83. The normalized spacial score (nSPS) is 15.7. The Kier molecular flexibility index (Phi) is 3.29. The Morgan fingerprint density at radius 3 is 3.22 bits per heavy atom. The van der Waals surface area contributed by atoms with Crippen LogP contribution in [0.5, 0.6) is 0 Å². The van der Waals surface area contributed by atoms with E-state index in [1.54, 1.807) is 4.52 Å². The molecule has 2 aromatic heterocycles. The molecule has 3 rings (SSSR count). The van der Waals surface area contributed by atoms with E-state index < -0.39 is 0 Å². The zero-order valence-electron chi connectivity index (χ0n) is 9.86. The Bertz CT molecular complexity index is 589. The molecule has 0 unspecified atom stereocenters. The van der Waals surface area contributed by atoms with E-state index in [9.17, 15) is 0 Å². The standard InChI is InChI=1S/C12H14BrN5/c13-10-1-2-11-16-12(17-18(11)8-10)15-7-9-3-5-14-6-4-9/h1-3,8,14H,4-7H2,(H,15,17). The SMILES string of the molecule is Brc1ccc2nc(NCC3=CCNCC3)nn2c1. The number of halogens is 1. The third-order valence-corrected chi connectivity index (χ3v) is 3.40. The van der Waals surface area contributed by atoms with Gasteiger partial charge in [0.05, 0.1) is 0 Å². The number of rotatable bonds is 3. The third kappa shape index (κ3) is 2.54. The van der Waals surface area contributed by atoms with Crippen LogP contribution in [0.2, 0.25) is 0 Å². The lowest BCUT2D eigenvalue weighted by atomic mass is 10.1. The zero-order valence-corrected chi connectivity index (χ0v) is 11.4. The van der Waals surface area contributed by atoms with Crippen LogP contribution in [0, 0.1) is 0 Å². The van der Waals surface area contributed by atoms with Crippen LogP contribution < -0.4 is 10.6 Å². The number of hydrogen-bond donors (Lipinski definition) is 2. The highest BCUT2D eigenvalue weighted by molar-refractivity contribution is 9.10. The topological polar surface area (TPSA) is 54.2 Å². The Labute approximate surface area is 113 Å². The van der Waals surface area contributed by atoms with Gasteiger partial charge >= 0.3 is 0 Å². The van der Waals surface area contributed by atoms with Crippen molar-refractivity contribution in [2.45, 2.75) is 6.42 Å². The molecule has 0 aliphatic carbocycles. The van der Waals surface area contributed by atoms with E-state index >= 15 is 0 Å². The second-order valence-electron chi connectivity index (χ2n) is 4.26. The fourth-order valence-corrected chi connectivity index (χ4v) is 2.28. The van der Waals surface area contributed by atoms with E-state index in [0.717, 1.165) is 36.2 Å². The predicted molar refractivity (Wildman–Crippen MR) is 74.7 cm³/mol. The van der Waals surface area contributed by atoms with Crippen molar-refractivity contribution in [1.29, 1.82) is 0 Å². The fraction of sp³-hybridized carbons (Fsp3) is 0.333. The molecule has 0 saturated carbocycles. The molecule has 0 atom stereocenters. The molecule has 1 aliphatic rings.